The molecule has 1 aromatic heterocycles. The molecule has 0 spiro atoms. The summed E-state index contributed by atoms with van der Waals surface area (Å²) < 4.78 is 6.09. The van der Waals surface area contributed by atoms with Crippen molar-refractivity contribution in [3.05, 3.63) is 52.4 Å². The van der Waals surface area contributed by atoms with E-state index in [9.17, 15) is 4.79 Å². The lowest BCUT2D eigenvalue weighted by Crippen LogP contribution is -2.17. The molecule has 2 N–H and O–H groups in total. The fourth-order valence-electron chi connectivity index (χ4n) is 1.55. The summed E-state index contributed by atoms with van der Waals surface area (Å²) >= 11 is 3.25. The van der Waals surface area contributed by atoms with E-state index in [-0.39, 0.29) is 5.91 Å². The van der Waals surface area contributed by atoms with Crippen LogP contribution in [0.2, 0.25) is 0 Å². The average molecular weight is 309 g/mol. The van der Waals surface area contributed by atoms with Crippen LogP contribution < -0.4 is 10.6 Å². The molecule has 94 valence electrons. The maximum atomic E-state index is 11.5. The predicted molar refractivity (Wildman–Crippen MR) is 73.6 cm³/mol. The van der Waals surface area contributed by atoms with Crippen molar-refractivity contribution in [3.63, 3.8) is 0 Å². The Balaban J connectivity index is 2.03. The maximum absolute atomic E-state index is 11.5. The second-order valence-corrected chi connectivity index (χ2v) is 4.50. The first-order valence-electron chi connectivity index (χ1n) is 5.49. The van der Waals surface area contributed by atoms with E-state index in [1.807, 2.05) is 24.3 Å². The molecule has 4 nitrogen and oxygen atoms in total. The smallest absolute Gasteiger partial charge is 0.251 e. The van der Waals surface area contributed by atoms with Crippen LogP contribution in [0.1, 0.15) is 16.1 Å². The minimum atomic E-state index is -0.0978. The first kappa shape index (κ1) is 12.7. The lowest BCUT2D eigenvalue weighted by Gasteiger charge is -2.06. The quantitative estimate of drug-likeness (QED) is 0.913. The van der Waals surface area contributed by atoms with Crippen LogP contribution in [0.5, 0.6) is 0 Å². The molecule has 0 aliphatic carbocycles. The molecule has 2 rings (SSSR count). The van der Waals surface area contributed by atoms with Crippen LogP contribution in [-0.2, 0) is 6.54 Å². The van der Waals surface area contributed by atoms with Crippen molar-refractivity contribution < 1.29 is 9.21 Å². The molecule has 0 fully saturated rings. The molecule has 0 aliphatic heterocycles. The Morgan fingerprint density at radius 1 is 1.33 bits per heavy atom. The van der Waals surface area contributed by atoms with Gasteiger partial charge in [-0.05, 0) is 46.3 Å². The van der Waals surface area contributed by atoms with E-state index >= 15 is 0 Å². The molecule has 18 heavy (non-hydrogen) atoms. The zero-order chi connectivity index (χ0) is 13.0. The van der Waals surface area contributed by atoms with Gasteiger partial charge < -0.3 is 15.1 Å². The Morgan fingerprint density at radius 3 is 2.83 bits per heavy atom. The summed E-state index contributed by atoms with van der Waals surface area (Å²) in [6.07, 6.45) is 0. The van der Waals surface area contributed by atoms with Gasteiger partial charge in [0.2, 0.25) is 0 Å². The Hall–Kier alpha value is -1.75. The summed E-state index contributed by atoms with van der Waals surface area (Å²) in [5, 5.41) is 5.79. The van der Waals surface area contributed by atoms with E-state index in [4.69, 9.17) is 4.42 Å². The molecule has 5 heteroatoms. The van der Waals surface area contributed by atoms with Crippen LogP contribution in [0.3, 0.4) is 0 Å². The first-order chi connectivity index (χ1) is 8.69. The van der Waals surface area contributed by atoms with Gasteiger partial charge >= 0.3 is 0 Å². The third kappa shape index (κ3) is 3.13. The Morgan fingerprint density at radius 2 is 2.17 bits per heavy atom. The number of halogens is 1. The van der Waals surface area contributed by atoms with Gasteiger partial charge in [0, 0.05) is 18.3 Å². The molecule has 0 atom stereocenters. The van der Waals surface area contributed by atoms with Crippen LogP contribution in [-0.4, -0.2) is 13.0 Å². The third-order valence-electron chi connectivity index (χ3n) is 2.45. The highest BCUT2D eigenvalue weighted by Gasteiger charge is 2.04. The van der Waals surface area contributed by atoms with Crippen LogP contribution >= 0.6 is 15.9 Å². The molecule has 0 unspecified atom stereocenters. The van der Waals surface area contributed by atoms with Gasteiger partial charge in [-0.25, -0.2) is 0 Å². The summed E-state index contributed by atoms with van der Waals surface area (Å²) in [7, 11) is 1.61. The number of rotatable bonds is 4. The minimum Gasteiger partial charge on any atom is -0.452 e. The molecule has 0 aliphatic rings. The molecule has 0 saturated heterocycles. The highest BCUT2D eigenvalue weighted by atomic mass is 79.9. The van der Waals surface area contributed by atoms with E-state index in [0.29, 0.717) is 16.8 Å². The van der Waals surface area contributed by atoms with Crippen molar-refractivity contribution in [2.75, 3.05) is 12.4 Å². The summed E-state index contributed by atoms with van der Waals surface area (Å²) in [6, 6.07) is 11.1. The SMILES string of the molecule is CNC(=O)c1cccc(NCc2ccc(Br)o2)c1. The average Bonchev–Trinajstić information content (AvgIpc) is 2.81. The highest BCUT2D eigenvalue weighted by molar-refractivity contribution is 9.10. The van der Waals surface area contributed by atoms with Crippen molar-refractivity contribution in [1.29, 1.82) is 0 Å². The van der Waals surface area contributed by atoms with Gasteiger partial charge in [0.05, 0.1) is 6.54 Å². The monoisotopic (exact) mass is 308 g/mol. The summed E-state index contributed by atoms with van der Waals surface area (Å²) in [5.74, 6) is 0.728. The van der Waals surface area contributed by atoms with Gasteiger partial charge in [-0.2, -0.15) is 0 Å². The van der Waals surface area contributed by atoms with Crippen LogP contribution in [0, 0.1) is 0 Å². The molecule has 2 aromatic rings. The number of amides is 1. The minimum absolute atomic E-state index is 0.0978. The topological polar surface area (TPSA) is 54.3 Å². The van der Waals surface area contributed by atoms with Crippen molar-refractivity contribution >= 4 is 27.5 Å². The van der Waals surface area contributed by atoms with E-state index < -0.39 is 0 Å². The molecule has 1 amide bonds. The molecule has 0 saturated carbocycles. The second kappa shape index (κ2) is 5.73. The number of anilines is 1. The van der Waals surface area contributed by atoms with Crippen LogP contribution in [0.4, 0.5) is 5.69 Å². The Bertz CT molecular complexity index is 551. The molecule has 1 heterocycles. The molecular weight excluding hydrogens is 296 g/mol. The number of carbonyl (C=O) groups excluding carboxylic acids is 1. The standard InChI is InChI=1S/C13H13BrN2O2/c1-15-13(17)9-3-2-4-10(7-9)16-8-11-5-6-12(14)18-11/h2-7,16H,8H2,1H3,(H,15,17). The number of furan rings is 1. The zero-order valence-electron chi connectivity index (χ0n) is 9.87. The molecular formula is C13H13BrN2O2. The van der Waals surface area contributed by atoms with Gasteiger partial charge in [0.1, 0.15) is 5.76 Å². The van der Waals surface area contributed by atoms with Crippen molar-refractivity contribution in [1.82, 2.24) is 5.32 Å². The highest BCUT2D eigenvalue weighted by Crippen LogP contribution is 2.16. The van der Waals surface area contributed by atoms with Crippen LogP contribution in [0.15, 0.2) is 45.5 Å². The van der Waals surface area contributed by atoms with Gasteiger partial charge in [-0.3, -0.25) is 4.79 Å². The van der Waals surface area contributed by atoms with Crippen molar-refractivity contribution in [2.24, 2.45) is 0 Å². The first-order valence-corrected chi connectivity index (χ1v) is 6.28. The number of carbonyl (C=O) groups is 1. The van der Waals surface area contributed by atoms with Crippen molar-refractivity contribution in [3.8, 4) is 0 Å². The fraction of sp³-hybridized carbons (Fsp3) is 0.154. The zero-order valence-corrected chi connectivity index (χ0v) is 11.5. The Labute approximate surface area is 114 Å². The molecule has 1 aromatic carbocycles. The molecule has 0 bridgehead atoms. The normalized spacial score (nSPS) is 10.1. The lowest BCUT2D eigenvalue weighted by molar-refractivity contribution is 0.0963. The van der Waals surface area contributed by atoms with E-state index in [1.165, 1.54) is 0 Å². The largest absolute Gasteiger partial charge is 0.452 e. The van der Waals surface area contributed by atoms with E-state index in [0.717, 1.165) is 11.4 Å². The third-order valence-corrected chi connectivity index (χ3v) is 2.87. The number of hydrogen-bond donors (Lipinski definition) is 2. The van der Waals surface area contributed by atoms with Gasteiger partial charge in [-0.1, -0.05) is 6.07 Å². The predicted octanol–water partition coefficient (Wildman–Crippen LogP) is 3.01. The lowest BCUT2D eigenvalue weighted by atomic mass is 10.2. The van der Waals surface area contributed by atoms with Gasteiger partial charge in [0.25, 0.3) is 5.91 Å². The summed E-state index contributed by atoms with van der Waals surface area (Å²) in [6.45, 7) is 0.572. The van der Waals surface area contributed by atoms with Gasteiger partial charge in [-0.15, -0.1) is 0 Å². The summed E-state index contributed by atoms with van der Waals surface area (Å²) in [4.78, 5) is 11.5. The van der Waals surface area contributed by atoms with Crippen LogP contribution in [0.25, 0.3) is 0 Å². The maximum Gasteiger partial charge on any atom is 0.251 e. The van der Waals surface area contributed by atoms with Crippen molar-refractivity contribution in [2.45, 2.75) is 6.54 Å². The fourth-order valence-corrected chi connectivity index (χ4v) is 1.89. The number of hydrogen-bond acceptors (Lipinski definition) is 3. The Kier molecular flexibility index (Phi) is 4.04. The number of benzene rings is 1. The summed E-state index contributed by atoms with van der Waals surface area (Å²) in [5.41, 5.74) is 1.51. The second-order valence-electron chi connectivity index (χ2n) is 3.72. The number of nitrogens with one attached hydrogen (secondary N) is 2. The van der Waals surface area contributed by atoms with E-state index in [2.05, 4.69) is 26.6 Å². The van der Waals surface area contributed by atoms with Gasteiger partial charge in [0.15, 0.2) is 4.67 Å². The molecule has 0 radical (unpaired) electrons. The van der Waals surface area contributed by atoms with E-state index in [1.54, 1.807) is 19.2 Å².